The molecule has 0 radical (unpaired) electrons. The van der Waals surface area contributed by atoms with Crippen LogP contribution in [0.4, 0.5) is 5.82 Å². The third kappa shape index (κ3) is 1.58. The molecule has 0 fully saturated rings. The van der Waals surface area contributed by atoms with Crippen molar-refractivity contribution in [3.05, 3.63) is 24.0 Å². The van der Waals surface area contributed by atoms with Gasteiger partial charge >= 0.3 is 0 Å². The lowest BCUT2D eigenvalue weighted by Crippen LogP contribution is -1.91. The first-order valence-corrected chi connectivity index (χ1v) is 4.96. The number of pyridine rings is 1. The molecule has 0 saturated heterocycles. The van der Waals surface area contributed by atoms with Crippen LogP contribution >= 0.6 is 11.7 Å². The largest absolute Gasteiger partial charge is 0.370 e. The molecule has 0 unspecified atom stereocenters. The van der Waals surface area contributed by atoms with Crippen LogP contribution in [0.5, 0.6) is 0 Å². The van der Waals surface area contributed by atoms with Crippen LogP contribution in [-0.2, 0) is 0 Å². The molecule has 0 bridgehead atoms. The monoisotopic (exact) mass is 206 g/mol. The SMILES string of the molecule is CNc1nsnc1-c1cncc(C)c1. The molecule has 1 N–H and O–H groups in total. The molecule has 72 valence electrons. The Labute approximate surface area is 86.3 Å². The molecule has 0 aliphatic heterocycles. The molecule has 4 nitrogen and oxygen atoms in total. The Kier molecular flexibility index (Phi) is 2.41. The first-order chi connectivity index (χ1) is 6.81. The fourth-order valence-electron chi connectivity index (χ4n) is 1.23. The third-order valence-corrected chi connectivity index (χ3v) is 2.40. The second kappa shape index (κ2) is 3.71. The van der Waals surface area contributed by atoms with E-state index in [4.69, 9.17) is 0 Å². The highest BCUT2D eigenvalue weighted by Gasteiger charge is 2.08. The van der Waals surface area contributed by atoms with Crippen molar-refractivity contribution < 1.29 is 0 Å². The van der Waals surface area contributed by atoms with Crippen LogP contribution in [0.15, 0.2) is 18.5 Å². The zero-order valence-electron chi connectivity index (χ0n) is 7.98. The van der Waals surface area contributed by atoms with Gasteiger partial charge in [0.1, 0.15) is 5.69 Å². The summed E-state index contributed by atoms with van der Waals surface area (Å²) in [6.07, 6.45) is 3.62. The molecule has 0 aliphatic rings. The fourth-order valence-corrected chi connectivity index (χ4v) is 1.80. The van der Waals surface area contributed by atoms with Gasteiger partial charge in [0.25, 0.3) is 0 Å². The zero-order valence-corrected chi connectivity index (χ0v) is 8.80. The van der Waals surface area contributed by atoms with Gasteiger partial charge in [0.15, 0.2) is 5.82 Å². The Balaban J connectivity index is 2.49. The van der Waals surface area contributed by atoms with Crippen molar-refractivity contribution in [1.82, 2.24) is 13.7 Å². The molecule has 0 spiro atoms. The molecule has 2 heterocycles. The van der Waals surface area contributed by atoms with Gasteiger partial charge in [0.05, 0.1) is 11.7 Å². The van der Waals surface area contributed by atoms with Crippen molar-refractivity contribution in [3.8, 4) is 11.3 Å². The molecule has 2 aromatic heterocycles. The van der Waals surface area contributed by atoms with Crippen molar-refractivity contribution in [2.24, 2.45) is 0 Å². The summed E-state index contributed by atoms with van der Waals surface area (Å²) in [5.41, 5.74) is 2.99. The second-order valence-electron chi connectivity index (χ2n) is 2.96. The average Bonchev–Trinajstić information content (AvgIpc) is 2.65. The standard InChI is InChI=1S/C9H10N4S/c1-6-3-7(5-11-4-6)8-9(10-2)13-14-12-8/h3-5H,1-2H3,(H,10,13). The average molecular weight is 206 g/mol. The highest BCUT2D eigenvalue weighted by Crippen LogP contribution is 2.24. The van der Waals surface area contributed by atoms with Crippen molar-refractivity contribution >= 4 is 17.5 Å². The summed E-state index contributed by atoms with van der Waals surface area (Å²) in [7, 11) is 1.84. The van der Waals surface area contributed by atoms with Gasteiger partial charge in [-0.3, -0.25) is 4.98 Å². The quantitative estimate of drug-likeness (QED) is 0.816. The zero-order chi connectivity index (χ0) is 9.97. The summed E-state index contributed by atoms with van der Waals surface area (Å²) in [4.78, 5) is 4.12. The lowest BCUT2D eigenvalue weighted by Gasteiger charge is -2.00. The summed E-state index contributed by atoms with van der Waals surface area (Å²) in [6, 6.07) is 2.05. The summed E-state index contributed by atoms with van der Waals surface area (Å²) in [5, 5.41) is 3.00. The lowest BCUT2D eigenvalue weighted by atomic mass is 10.1. The van der Waals surface area contributed by atoms with Crippen LogP contribution in [-0.4, -0.2) is 20.8 Å². The van der Waals surface area contributed by atoms with Gasteiger partial charge in [0, 0.05) is 25.0 Å². The molecule has 0 amide bonds. The highest BCUT2D eigenvalue weighted by molar-refractivity contribution is 6.99. The lowest BCUT2D eigenvalue weighted by molar-refractivity contribution is 1.26. The van der Waals surface area contributed by atoms with Crippen LogP contribution in [0.2, 0.25) is 0 Å². The minimum Gasteiger partial charge on any atom is -0.370 e. The van der Waals surface area contributed by atoms with Gasteiger partial charge in [-0.25, -0.2) is 0 Å². The van der Waals surface area contributed by atoms with Crippen molar-refractivity contribution in [3.63, 3.8) is 0 Å². The molecule has 2 rings (SSSR count). The van der Waals surface area contributed by atoms with E-state index in [9.17, 15) is 0 Å². The van der Waals surface area contributed by atoms with Gasteiger partial charge in [-0.05, 0) is 18.6 Å². The molecule has 0 aliphatic carbocycles. The van der Waals surface area contributed by atoms with Gasteiger partial charge in [-0.1, -0.05) is 0 Å². The predicted molar refractivity (Wildman–Crippen MR) is 57.4 cm³/mol. The number of hydrogen-bond donors (Lipinski definition) is 1. The maximum atomic E-state index is 4.23. The fraction of sp³-hybridized carbons (Fsp3) is 0.222. The van der Waals surface area contributed by atoms with E-state index in [1.54, 1.807) is 6.20 Å². The van der Waals surface area contributed by atoms with Gasteiger partial charge in [-0.15, -0.1) is 0 Å². The molecule has 14 heavy (non-hydrogen) atoms. The Morgan fingerprint density at radius 3 is 2.86 bits per heavy atom. The van der Waals surface area contributed by atoms with Crippen LogP contribution < -0.4 is 5.32 Å². The number of anilines is 1. The van der Waals surface area contributed by atoms with Crippen LogP contribution in [0.1, 0.15) is 5.56 Å². The summed E-state index contributed by atoms with van der Waals surface area (Å²) >= 11 is 1.20. The smallest absolute Gasteiger partial charge is 0.167 e. The summed E-state index contributed by atoms with van der Waals surface area (Å²) in [5.74, 6) is 0.808. The van der Waals surface area contributed by atoms with E-state index in [0.717, 1.165) is 22.6 Å². The van der Waals surface area contributed by atoms with Crippen LogP contribution in [0, 0.1) is 6.92 Å². The summed E-state index contributed by atoms with van der Waals surface area (Å²) in [6.45, 7) is 2.01. The maximum Gasteiger partial charge on any atom is 0.167 e. The summed E-state index contributed by atoms with van der Waals surface area (Å²) < 4.78 is 8.36. The molecule has 0 atom stereocenters. The number of nitrogens with one attached hydrogen (secondary N) is 1. The Morgan fingerprint density at radius 1 is 1.29 bits per heavy atom. The van der Waals surface area contributed by atoms with Crippen LogP contribution in [0.3, 0.4) is 0 Å². The molecule has 2 aromatic rings. The molecule has 5 heteroatoms. The second-order valence-corrected chi connectivity index (χ2v) is 3.49. The normalized spacial score (nSPS) is 10.1. The van der Waals surface area contributed by atoms with E-state index >= 15 is 0 Å². The van der Waals surface area contributed by atoms with Crippen LogP contribution in [0.25, 0.3) is 11.3 Å². The predicted octanol–water partition coefficient (Wildman–Crippen LogP) is 1.95. The number of nitrogens with zero attached hydrogens (tertiary/aromatic N) is 3. The third-order valence-electron chi connectivity index (χ3n) is 1.87. The number of aromatic nitrogens is 3. The van der Waals surface area contributed by atoms with Gasteiger partial charge in [-0.2, -0.15) is 8.75 Å². The van der Waals surface area contributed by atoms with Crippen molar-refractivity contribution in [1.29, 1.82) is 0 Å². The minimum absolute atomic E-state index is 0.808. The Hall–Kier alpha value is -1.49. The van der Waals surface area contributed by atoms with E-state index in [1.807, 2.05) is 26.2 Å². The van der Waals surface area contributed by atoms with E-state index in [0.29, 0.717) is 0 Å². The number of rotatable bonds is 2. The maximum absolute atomic E-state index is 4.23. The van der Waals surface area contributed by atoms with E-state index in [2.05, 4.69) is 19.0 Å². The Morgan fingerprint density at radius 2 is 2.14 bits per heavy atom. The molecule has 0 saturated carbocycles. The van der Waals surface area contributed by atoms with E-state index in [-0.39, 0.29) is 0 Å². The number of aryl methyl sites for hydroxylation is 1. The Bertz CT molecular complexity index is 438. The molecular formula is C9H10N4S. The highest BCUT2D eigenvalue weighted by atomic mass is 32.1. The number of hydrogen-bond acceptors (Lipinski definition) is 5. The van der Waals surface area contributed by atoms with Crippen molar-refractivity contribution in [2.45, 2.75) is 6.92 Å². The minimum atomic E-state index is 0.808. The molecular weight excluding hydrogens is 196 g/mol. The first kappa shape index (κ1) is 9.08. The topological polar surface area (TPSA) is 50.7 Å². The van der Waals surface area contributed by atoms with Gasteiger partial charge in [0.2, 0.25) is 0 Å². The van der Waals surface area contributed by atoms with Crippen molar-refractivity contribution in [2.75, 3.05) is 12.4 Å². The first-order valence-electron chi connectivity index (χ1n) is 4.23. The van der Waals surface area contributed by atoms with E-state index < -0.39 is 0 Å². The van der Waals surface area contributed by atoms with Gasteiger partial charge < -0.3 is 5.32 Å². The molecule has 0 aromatic carbocycles. The van der Waals surface area contributed by atoms with E-state index in [1.165, 1.54) is 11.7 Å².